The number of carbonyl (C=O) groups excluding carboxylic acids is 13. The number of amides is 13. The van der Waals surface area contributed by atoms with Crippen LogP contribution in [0.25, 0.3) is 0 Å². The number of aliphatic carboxylic acids is 1. The van der Waals surface area contributed by atoms with Crippen LogP contribution in [-0.2, 0) is 80.0 Å². The monoisotopic (exact) mass is 1490 g/mol. The Kier molecular flexibility index (Phi) is 37.8. The third-order valence-corrected chi connectivity index (χ3v) is 17.3. The first-order chi connectivity index (χ1) is 49.9. The van der Waals surface area contributed by atoms with Gasteiger partial charge in [-0.3, -0.25) is 87.1 Å². The molecule has 0 radical (unpaired) electrons. The van der Waals surface area contributed by atoms with Crippen molar-refractivity contribution in [2.24, 2.45) is 66.8 Å². The highest BCUT2D eigenvalue weighted by atomic mass is 32.2. The first-order valence-corrected chi connectivity index (χ1v) is 35.5. The lowest BCUT2D eigenvalue weighted by atomic mass is 10.0. The van der Waals surface area contributed by atoms with Gasteiger partial charge in [0, 0.05) is 56.7 Å². The second-order valence-electron chi connectivity index (χ2n) is 25.3. The van der Waals surface area contributed by atoms with Gasteiger partial charge in [0.15, 0.2) is 17.9 Å². The number of guanidine groups is 3. The van der Waals surface area contributed by atoms with Gasteiger partial charge in [-0.25, -0.2) is 0 Å². The number of carbonyl (C=O) groups is 14. The number of hydrogen-bond acceptors (Lipinski definition) is 20. The zero-order valence-electron chi connectivity index (χ0n) is 58.9. The summed E-state index contributed by atoms with van der Waals surface area (Å²) < 4.78 is 0. The van der Waals surface area contributed by atoms with E-state index in [0.29, 0.717) is 17.7 Å². The highest BCUT2D eigenvalue weighted by Crippen LogP contribution is 2.22. The molecule has 2 aliphatic heterocycles. The maximum atomic E-state index is 15.1. The number of fused-ring (bicyclic) bond motifs is 1. The Bertz CT molecular complexity index is 3380. The molecule has 0 saturated carbocycles. The quantitative estimate of drug-likeness (QED) is 0.0249. The number of nitrogens with one attached hydrogen (secondary N) is 11. The number of nitrogens with two attached hydrogens (primary N) is 8. The Morgan fingerprint density at radius 1 is 0.533 bits per heavy atom. The number of nitrogens with zero attached hydrogens (tertiary/aromatic N) is 5. The first kappa shape index (κ1) is 86.5. The predicted molar refractivity (Wildman–Crippen MR) is 387 cm³/mol. The van der Waals surface area contributed by atoms with Crippen LogP contribution in [0.1, 0.15) is 109 Å². The number of aliphatic imine (C=N–C) groups is 3. The number of pyridine rings is 1. The second kappa shape index (κ2) is 45.9. The van der Waals surface area contributed by atoms with Crippen molar-refractivity contribution in [1.82, 2.24) is 68.4 Å². The fraction of sp³-hybridized carbons (Fsp3) is 0.569. The van der Waals surface area contributed by atoms with Gasteiger partial charge in [0.25, 0.3) is 0 Å². The number of unbranched alkanes of at least 4 members (excludes halogenated alkanes) is 1. The molecule has 3 heterocycles. The Balaban J connectivity index is 1.84. The molecule has 39 nitrogen and oxygen atoms in total. The predicted octanol–water partition coefficient (Wildman–Crippen LogP) is -7.50. The molecule has 105 heavy (non-hydrogen) atoms. The summed E-state index contributed by atoms with van der Waals surface area (Å²) in [5, 5.41) is 38.0. The summed E-state index contributed by atoms with van der Waals surface area (Å²) in [5.74, 6) is -15.5. The summed E-state index contributed by atoms with van der Waals surface area (Å²) in [6, 6.07) is -1.55. The molecule has 10 atom stereocenters. The van der Waals surface area contributed by atoms with Gasteiger partial charge in [0.05, 0.1) is 25.3 Å². The number of benzene rings is 1. The second-order valence-corrected chi connectivity index (χ2v) is 26.4. The van der Waals surface area contributed by atoms with Crippen LogP contribution in [0.2, 0.25) is 0 Å². The van der Waals surface area contributed by atoms with Crippen molar-refractivity contribution in [3.63, 3.8) is 0 Å². The van der Waals surface area contributed by atoms with Gasteiger partial charge in [-0.2, -0.15) is 0 Å². The van der Waals surface area contributed by atoms with Gasteiger partial charge in [-0.1, -0.05) is 50.2 Å². The van der Waals surface area contributed by atoms with E-state index in [1.165, 1.54) is 11.1 Å². The Hall–Kier alpha value is -10.9. The van der Waals surface area contributed by atoms with E-state index in [1.54, 1.807) is 62.4 Å². The molecule has 1 aromatic carbocycles. The number of hydrogen-bond donors (Lipinski definition) is 20. The summed E-state index contributed by atoms with van der Waals surface area (Å²) in [5.41, 5.74) is 45.8. The van der Waals surface area contributed by atoms with E-state index in [1.807, 2.05) is 0 Å². The number of aromatic nitrogens is 1. The van der Waals surface area contributed by atoms with Gasteiger partial charge < -0.3 is 114 Å². The van der Waals surface area contributed by atoms with Gasteiger partial charge in [0.2, 0.25) is 76.8 Å². The van der Waals surface area contributed by atoms with Crippen LogP contribution in [0.15, 0.2) is 69.7 Å². The first-order valence-electron chi connectivity index (χ1n) is 34.4. The van der Waals surface area contributed by atoms with E-state index < -0.39 is 168 Å². The molecule has 2 aliphatic rings. The summed E-state index contributed by atoms with van der Waals surface area (Å²) in [4.78, 5) is 214. The molecular formula is C65H102N24O15S. The number of thioether (sulfide) groups is 1. The molecule has 2 fully saturated rings. The molecule has 0 bridgehead atoms. The van der Waals surface area contributed by atoms with Crippen LogP contribution in [0, 0.1) is 5.92 Å². The van der Waals surface area contributed by atoms with E-state index in [9.17, 15) is 62.6 Å². The molecule has 0 aliphatic carbocycles. The number of carboxylic acid groups (broad SMARTS) is 1. The fourth-order valence-electron chi connectivity index (χ4n) is 11.0. The average Bonchev–Trinajstić information content (AvgIpc) is 1.61. The zero-order valence-corrected chi connectivity index (χ0v) is 59.8. The normalized spacial score (nSPS) is 23.1. The largest absolute Gasteiger partial charge is 0.481 e. The molecule has 2 saturated heterocycles. The maximum absolute atomic E-state index is 15.1. The molecule has 0 spiro atoms. The maximum Gasteiger partial charge on any atom is 0.305 e. The Morgan fingerprint density at radius 2 is 1.02 bits per heavy atom. The number of rotatable bonds is 25. The van der Waals surface area contributed by atoms with Crippen molar-refractivity contribution in [1.29, 1.82) is 0 Å². The summed E-state index contributed by atoms with van der Waals surface area (Å²) in [6.45, 7) is 1.97. The summed E-state index contributed by atoms with van der Waals surface area (Å²) in [6.07, 6.45) is 0.378. The molecule has 40 heteroatoms. The van der Waals surface area contributed by atoms with Crippen LogP contribution in [0.4, 0.5) is 0 Å². The topological polar surface area (TPSA) is 653 Å². The molecule has 28 N–H and O–H groups in total. The molecule has 0 unspecified atom stereocenters. The van der Waals surface area contributed by atoms with Crippen LogP contribution in [0.5, 0.6) is 0 Å². The molecule has 13 amide bonds. The van der Waals surface area contributed by atoms with Gasteiger partial charge in [-0.15, -0.1) is 11.8 Å². The van der Waals surface area contributed by atoms with E-state index in [0.717, 1.165) is 11.8 Å². The number of primary amides is 1. The van der Waals surface area contributed by atoms with Crippen molar-refractivity contribution in [2.75, 3.05) is 57.3 Å². The van der Waals surface area contributed by atoms with Crippen molar-refractivity contribution in [3.05, 3.63) is 66.0 Å². The molecule has 1 aromatic heterocycles. The molecule has 2 aromatic rings. The lowest BCUT2D eigenvalue weighted by Crippen LogP contribution is -2.61. The van der Waals surface area contributed by atoms with Crippen LogP contribution >= 0.6 is 11.8 Å². The minimum absolute atomic E-state index is 0.0126. The van der Waals surface area contributed by atoms with E-state index in [4.69, 9.17) is 45.9 Å². The smallest absolute Gasteiger partial charge is 0.305 e. The summed E-state index contributed by atoms with van der Waals surface area (Å²) >= 11 is 0.826. The van der Waals surface area contributed by atoms with Crippen molar-refractivity contribution < 1.29 is 72.2 Å². The lowest BCUT2D eigenvalue weighted by Gasteiger charge is -2.31. The Morgan fingerprint density at radius 3 is 1.57 bits per heavy atom. The molecule has 578 valence electrons. The SMILES string of the molecule is CC(C)C[C@@H]1NC(=O)[C@H](Cc2ccccn2)NC(=O)CSC[C@@H](C(N)=O)NC(=O)CNC(=O)CNC(=O)[C@H](CCCN=C(N)N)NC(=O)[C@H](CC(=O)O)NC(=O)[C@H](CCCCN)NC(=O)[C@@H]2CCCN2C(=O)[C@H](CCCN=C(N)N)NC(=O)[C@H](Cc2ccccc2)NC(=O)[C@H](CCCN=C(N)N)NC1=O. The molecule has 4 rings (SSSR count). The van der Waals surface area contributed by atoms with Gasteiger partial charge in [-0.05, 0) is 107 Å². The third-order valence-electron chi connectivity index (χ3n) is 16.3. The van der Waals surface area contributed by atoms with E-state index in [2.05, 4.69) is 78.4 Å². The van der Waals surface area contributed by atoms with E-state index >= 15 is 9.59 Å². The van der Waals surface area contributed by atoms with Gasteiger partial charge >= 0.3 is 5.97 Å². The third kappa shape index (κ3) is 32.9. The highest BCUT2D eigenvalue weighted by molar-refractivity contribution is 8.00. The minimum Gasteiger partial charge on any atom is -0.481 e. The molecular weight excluding hydrogens is 1390 g/mol. The highest BCUT2D eigenvalue weighted by Gasteiger charge is 2.41. The van der Waals surface area contributed by atoms with Gasteiger partial charge in [0.1, 0.15) is 60.4 Å². The number of carboxylic acids is 1. The summed E-state index contributed by atoms with van der Waals surface area (Å²) in [7, 11) is 0. The van der Waals surface area contributed by atoms with Crippen molar-refractivity contribution >= 4 is 112 Å². The standard InChI is InChI=1S/C65H102N24O15S/c1-36(2)28-43-57(99)83-41(19-11-25-76-64(70)71)56(98)87-44(29-37-14-4-3-5-15-37)58(100)85-42(20-12-26-77-65(72)73)62(104)89-27-13-21-48(89)61(103)84-40(17-6-8-22-66)55(97)88-46(31-52(93)94)60(102)82-39(18-10-24-75-63(68)69)54(96)79-32-49(90)78-33-50(91)81-47(53(67)95)34-105-35-51(92)80-45(59(101)86-43)30-38-16-7-9-23-74-38/h3-5,7,9,14-16,23,36,39-48H,6,8,10-13,17-22,24-35,66H2,1-2H3,(H2,67,95)(H,78,90)(H,79,96)(H,80,92)(H,81,91)(H,82,102)(H,83,99)(H,84,103)(H,85,100)(H,86,101)(H,87,98)(H,88,97)(H,93,94)(H4,68,69,75)(H4,70,71,76)(H4,72,73,77)/t39-,40-,41-,42-,43-,44-,45-,46-,47-,48-/m0/s1. The van der Waals surface area contributed by atoms with Crippen LogP contribution in [-0.4, -0.2) is 233 Å². The fourth-order valence-corrected chi connectivity index (χ4v) is 11.9. The lowest BCUT2D eigenvalue weighted by molar-refractivity contribution is -0.143. The van der Waals surface area contributed by atoms with Crippen molar-refractivity contribution in [3.8, 4) is 0 Å². The van der Waals surface area contributed by atoms with Crippen molar-refractivity contribution in [2.45, 2.75) is 171 Å². The van der Waals surface area contributed by atoms with Crippen LogP contribution < -0.4 is 104 Å². The Labute approximate surface area is 611 Å². The van der Waals surface area contributed by atoms with E-state index in [-0.39, 0.29) is 146 Å². The average molecular weight is 1490 g/mol. The zero-order chi connectivity index (χ0) is 77.5. The van der Waals surface area contributed by atoms with Crippen LogP contribution in [0.3, 0.4) is 0 Å². The minimum atomic E-state index is -1.92.